The van der Waals surface area contributed by atoms with Gasteiger partial charge in [0, 0.05) is 6.07 Å². The number of rotatable bonds is 5. The van der Waals surface area contributed by atoms with Crippen LogP contribution in [-0.4, -0.2) is 23.3 Å². The van der Waals surface area contributed by atoms with Crippen LogP contribution < -0.4 is 0 Å². The van der Waals surface area contributed by atoms with Gasteiger partial charge in [-0.2, -0.15) is 0 Å². The van der Waals surface area contributed by atoms with Gasteiger partial charge < -0.3 is 4.74 Å². The van der Waals surface area contributed by atoms with E-state index in [4.69, 9.17) is 11.6 Å². The molecule has 0 heterocycles. The van der Waals surface area contributed by atoms with Crippen molar-refractivity contribution in [1.82, 2.24) is 0 Å². The van der Waals surface area contributed by atoms with E-state index in [1.54, 1.807) is 0 Å². The smallest absolute Gasteiger partial charge is 0.321 e. The minimum Gasteiger partial charge on any atom is -0.465 e. The van der Waals surface area contributed by atoms with Crippen molar-refractivity contribution in [2.24, 2.45) is 0 Å². The van der Waals surface area contributed by atoms with Crippen molar-refractivity contribution in [2.45, 2.75) is 19.8 Å². The lowest BCUT2D eigenvalue weighted by molar-refractivity contribution is -0.385. The summed E-state index contributed by atoms with van der Waals surface area (Å²) in [7, 11) is 0. The first kappa shape index (κ1) is 16.0. The summed E-state index contributed by atoms with van der Waals surface area (Å²) in [4.78, 5) is 33.4. The molecule has 0 amide bonds. The molecule has 0 aliphatic heterocycles. The molecule has 20 heavy (non-hydrogen) atoms. The van der Waals surface area contributed by atoms with Crippen LogP contribution in [-0.2, 0) is 14.3 Å². The third kappa shape index (κ3) is 3.30. The molecule has 1 rings (SSSR count). The summed E-state index contributed by atoms with van der Waals surface area (Å²) < 4.78 is 18.2. The van der Waals surface area contributed by atoms with Crippen molar-refractivity contribution < 1.29 is 23.6 Å². The van der Waals surface area contributed by atoms with Gasteiger partial charge in [0.05, 0.1) is 22.1 Å². The van der Waals surface area contributed by atoms with E-state index in [0.717, 1.165) is 13.0 Å². The number of benzene rings is 1. The molecule has 0 aliphatic rings. The minimum absolute atomic E-state index is 0.00746. The number of carbonyl (C=O) groups excluding carboxylic acids is 2. The second-order valence-corrected chi connectivity index (χ2v) is 4.29. The van der Waals surface area contributed by atoms with Gasteiger partial charge in [-0.3, -0.25) is 19.7 Å². The predicted molar refractivity (Wildman–Crippen MR) is 68.1 cm³/mol. The molecule has 0 radical (unpaired) electrons. The van der Waals surface area contributed by atoms with Crippen LogP contribution in [0.1, 0.15) is 25.3 Å². The third-order valence-electron chi connectivity index (χ3n) is 2.51. The average Bonchev–Trinajstić information content (AvgIpc) is 2.33. The number of halogens is 2. The van der Waals surface area contributed by atoms with Crippen LogP contribution in [0.5, 0.6) is 0 Å². The number of nitrogens with zero attached hydrogens (tertiary/aromatic N) is 1. The number of nitro groups is 1. The number of nitro benzene ring substituents is 1. The fourth-order valence-electron chi connectivity index (χ4n) is 1.68. The first-order chi connectivity index (χ1) is 9.29. The summed E-state index contributed by atoms with van der Waals surface area (Å²) in [5, 5.41) is 10.5. The Bertz CT molecular complexity index is 575. The quantitative estimate of drug-likeness (QED) is 0.361. The van der Waals surface area contributed by atoms with Gasteiger partial charge in [0.15, 0.2) is 0 Å². The highest BCUT2D eigenvalue weighted by atomic mass is 35.5. The second kappa shape index (κ2) is 6.42. The standard InChI is InChI=1S/C12H11ClFNO5/c1-3-20-12(17)11(6(2)16)7-4-9(14)8(13)5-10(7)15(18)19/h4-5,11H,3H2,1-2H3. The number of hydrogen-bond donors (Lipinski definition) is 0. The summed E-state index contributed by atoms with van der Waals surface area (Å²) in [5.74, 6) is -4.16. The van der Waals surface area contributed by atoms with Gasteiger partial charge in [-0.25, -0.2) is 4.39 Å². The molecule has 0 saturated heterocycles. The number of esters is 1. The highest BCUT2D eigenvalue weighted by molar-refractivity contribution is 6.31. The molecule has 0 bridgehead atoms. The van der Waals surface area contributed by atoms with Crippen LogP contribution in [0.15, 0.2) is 12.1 Å². The molecule has 0 spiro atoms. The second-order valence-electron chi connectivity index (χ2n) is 3.88. The van der Waals surface area contributed by atoms with Crippen LogP contribution in [0.25, 0.3) is 0 Å². The predicted octanol–water partition coefficient (Wildman–Crippen LogP) is 2.62. The van der Waals surface area contributed by atoms with E-state index in [9.17, 15) is 24.1 Å². The zero-order chi connectivity index (χ0) is 15.4. The van der Waals surface area contributed by atoms with Crippen LogP contribution >= 0.6 is 11.6 Å². The minimum atomic E-state index is -1.55. The Morgan fingerprint density at radius 1 is 1.50 bits per heavy atom. The van der Waals surface area contributed by atoms with Gasteiger partial charge in [0.2, 0.25) is 0 Å². The van der Waals surface area contributed by atoms with E-state index in [-0.39, 0.29) is 12.2 Å². The first-order valence-electron chi connectivity index (χ1n) is 5.60. The molecule has 0 aliphatic carbocycles. The number of hydrogen-bond acceptors (Lipinski definition) is 5. The van der Waals surface area contributed by atoms with E-state index in [0.29, 0.717) is 6.07 Å². The highest BCUT2D eigenvalue weighted by Gasteiger charge is 2.34. The van der Waals surface area contributed by atoms with Crippen molar-refractivity contribution in [2.75, 3.05) is 6.61 Å². The highest BCUT2D eigenvalue weighted by Crippen LogP contribution is 2.32. The summed E-state index contributed by atoms with van der Waals surface area (Å²) in [6.45, 7) is 2.58. The molecule has 0 saturated carbocycles. The van der Waals surface area contributed by atoms with E-state index in [2.05, 4.69) is 4.74 Å². The van der Waals surface area contributed by atoms with Crippen molar-refractivity contribution in [3.8, 4) is 0 Å². The van der Waals surface area contributed by atoms with E-state index < -0.39 is 39.1 Å². The van der Waals surface area contributed by atoms with Gasteiger partial charge in [-0.05, 0) is 19.9 Å². The molecule has 6 nitrogen and oxygen atoms in total. The van der Waals surface area contributed by atoms with E-state index >= 15 is 0 Å². The van der Waals surface area contributed by atoms with Crippen LogP contribution in [0.4, 0.5) is 10.1 Å². The molecular formula is C12H11ClFNO5. The van der Waals surface area contributed by atoms with Gasteiger partial charge in [-0.1, -0.05) is 11.6 Å². The molecule has 1 unspecified atom stereocenters. The summed E-state index contributed by atoms with van der Waals surface area (Å²) in [6, 6.07) is 1.48. The Kier molecular flexibility index (Phi) is 5.15. The average molecular weight is 304 g/mol. The largest absolute Gasteiger partial charge is 0.465 e. The lowest BCUT2D eigenvalue weighted by atomic mass is 9.94. The fraction of sp³-hybridized carbons (Fsp3) is 0.333. The lowest BCUT2D eigenvalue weighted by Crippen LogP contribution is -2.23. The van der Waals surface area contributed by atoms with Crippen molar-refractivity contribution in [3.63, 3.8) is 0 Å². The molecule has 1 aromatic rings. The molecule has 1 aromatic carbocycles. The van der Waals surface area contributed by atoms with Crippen molar-refractivity contribution in [1.29, 1.82) is 0 Å². The number of carbonyl (C=O) groups is 2. The molecule has 8 heteroatoms. The van der Waals surface area contributed by atoms with Crippen LogP contribution in [0.3, 0.4) is 0 Å². The van der Waals surface area contributed by atoms with Crippen molar-refractivity contribution >= 4 is 29.0 Å². The van der Waals surface area contributed by atoms with E-state index in [1.165, 1.54) is 6.92 Å². The molecule has 1 atom stereocenters. The normalized spacial score (nSPS) is 11.8. The summed E-state index contributed by atoms with van der Waals surface area (Å²) in [5.41, 5.74) is -0.979. The Morgan fingerprint density at radius 3 is 2.55 bits per heavy atom. The first-order valence-corrected chi connectivity index (χ1v) is 5.97. The number of ketones is 1. The maximum absolute atomic E-state index is 13.5. The Morgan fingerprint density at radius 2 is 2.10 bits per heavy atom. The Hall–Kier alpha value is -2.02. The van der Waals surface area contributed by atoms with Gasteiger partial charge in [0.1, 0.15) is 17.5 Å². The maximum atomic E-state index is 13.5. The van der Waals surface area contributed by atoms with Crippen LogP contribution in [0.2, 0.25) is 5.02 Å². The lowest BCUT2D eigenvalue weighted by Gasteiger charge is -2.13. The van der Waals surface area contributed by atoms with E-state index in [1.807, 2.05) is 0 Å². The van der Waals surface area contributed by atoms with Crippen molar-refractivity contribution in [3.05, 3.63) is 38.7 Å². The molecular weight excluding hydrogens is 293 g/mol. The zero-order valence-corrected chi connectivity index (χ0v) is 11.4. The third-order valence-corrected chi connectivity index (χ3v) is 2.80. The maximum Gasteiger partial charge on any atom is 0.321 e. The Labute approximate surface area is 118 Å². The molecule has 0 aromatic heterocycles. The fourth-order valence-corrected chi connectivity index (χ4v) is 1.84. The van der Waals surface area contributed by atoms with Gasteiger partial charge in [-0.15, -0.1) is 0 Å². The summed E-state index contributed by atoms with van der Waals surface area (Å²) in [6.07, 6.45) is 0. The SMILES string of the molecule is CCOC(=O)C(C(C)=O)c1cc(F)c(Cl)cc1[N+](=O)[O-]. The number of Topliss-reactive ketones (excluding diaryl/α,β-unsaturated/α-hetero) is 1. The molecule has 108 valence electrons. The van der Waals surface area contributed by atoms with Gasteiger partial charge >= 0.3 is 5.97 Å². The number of ether oxygens (including phenoxy) is 1. The van der Waals surface area contributed by atoms with Gasteiger partial charge in [0.25, 0.3) is 5.69 Å². The topological polar surface area (TPSA) is 86.5 Å². The molecule has 0 N–H and O–H groups in total. The summed E-state index contributed by atoms with van der Waals surface area (Å²) >= 11 is 5.47. The Balaban J connectivity index is 3.47. The monoisotopic (exact) mass is 303 g/mol. The van der Waals surface area contributed by atoms with Crippen LogP contribution in [0, 0.1) is 15.9 Å². The molecule has 0 fully saturated rings. The zero-order valence-electron chi connectivity index (χ0n) is 10.7.